The lowest BCUT2D eigenvalue weighted by atomic mass is 9.98. The van der Waals surface area contributed by atoms with Crippen LogP contribution >= 0.6 is 0 Å². The van der Waals surface area contributed by atoms with Crippen LogP contribution in [0.2, 0.25) is 0 Å². The predicted molar refractivity (Wildman–Crippen MR) is 157 cm³/mol. The minimum Gasteiger partial charge on any atom is -0.508 e. The third-order valence-corrected chi connectivity index (χ3v) is 7.21. The average molecular weight is 574 g/mol. The number of fused-ring (bicyclic) bond motifs is 3. The number of hydrogen-bond donors (Lipinski definition) is 7. The number of phenolic OH excluding ortho intramolecular Hbond substituents is 1. The second kappa shape index (κ2) is 14.0. The van der Waals surface area contributed by atoms with Crippen LogP contribution in [0.3, 0.4) is 0 Å². The predicted octanol–water partition coefficient (Wildman–Crippen LogP) is 3.06. The van der Waals surface area contributed by atoms with Gasteiger partial charge >= 0.3 is 12.1 Å². The highest BCUT2D eigenvalue weighted by Gasteiger charge is 2.30. The first-order valence-corrected chi connectivity index (χ1v) is 13.7. The molecule has 0 aliphatic heterocycles. The van der Waals surface area contributed by atoms with Crippen molar-refractivity contribution in [2.75, 3.05) is 13.2 Å². The number of aliphatic carboxylic acids is 1. The molecule has 3 aromatic rings. The first-order chi connectivity index (χ1) is 20.2. The van der Waals surface area contributed by atoms with Gasteiger partial charge in [0, 0.05) is 12.5 Å². The normalized spacial score (nSPS) is 13.2. The average Bonchev–Trinajstić information content (AvgIpc) is 3.29. The van der Waals surface area contributed by atoms with Gasteiger partial charge in [0.1, 0.15) is 24.4 Å². The van der Waals surface area contributed by atoms with Gasteiger partial charge in [0.15, 0.2) is 5.96 Å². The van der Waals surface area contributed by atoms with Gasteiger partial charge in [-0.05, 0) is 65.6 Å². The molecule has 220 valence electrons. The van der Waals surface area contributed by atoms with E-state index in [1.165, 1.54) is 12.1 Å². The molecule has 11 heteroatoms. The van der Waals surface area contributed by atoms with Crippen molar-refractivity contribution in [3.8, 4) is 16.9 Å². The molecule has 0 spiro atoms. The fourth-order valence-corrected chi connectivity index (χ4v) is 5.08. The maximum atomic E-state index is 13.2. The summed E-state index contributed by atoms with van der Waals surface area (Å²) in [4.78, 5) is 38.1. The number of carbonyl (C=O) groups excluding carboxylic acids is 2. The number of carbonyl (C=O) groups is 3. The largest absolute Gasteiger partial charge is 0.508 e. The Morgan fingerprint density at radius 1 is 0.881 bits per heavy atom. The first-order valence-electron chi connectivity index (χ1n) is 13.7. The molecule has 0 saturated heterocycles. The van der Waals surface area contributed by atoms with Crippen LogP contribution < -0.4 is 21.7 Å². The molecule has 3 aromatic carbocycles. The number of nitrogens with two attached hydrogens (primary N) is 1. The molecule has 8 N–H and O–H groups in total. The summed E-state index contributed by atoms with van der Waals surface area (Å²) < 4.78 is 5.62. The Labute approximate surface area is 243 Å². The fraction of sp³-hybridized carbons (Fsp3) is 0.290. The lowest BCUT2D eigenvalue weighted by Crippen LogP contribution is -2.52. The van der Waals surface area contributed by atoms with E-state index in [2.05, 4.69) is 16.0 Å². The molecular formula is C31H35N5O6. The number of amides is 2. The highest BCUT2D eigenvalue weighted by molar-refractivity contribution is 5.89. The Balaban J connectivity index is 1.42. The summed E-state index contributed by atoms with van der Waals surface area (Å²) in [5.74, 6) is -2.16. The van der Waals surface area contributed by atoms with Crippen LogP contribution in [-0.2, 0) is 20.7 Å². The maximum Gasteiger partial charge on any atom is 0.407 e. The molecule has 11 nitrogen and oxygen atoms in total. The molecule has 4 rings (SSSR count). The summed E-state index contributed by atoms with van der Waals surface area (Å²) in [6.07, 6.45) is 0.188. The maximum absolute atomic E-state index is 13.2. The van der Waals surface area contributed by atoms with Crippen LogP contribution in [0.15, 0.2) is 72.8 Å². The van der Waals surface area contributed by atoms with Crippen LogP contribution in [0.4, 0.5) is 4.79 Å². The molecule has 0 unspecified atom stereocenters. The second-order valence-corrected chi connectivity index (χ2v) is 10.1. The van der Waals surface area contributed by atoms with E-state index in [0.717, 1.165) is 27.8 Å². The molecule has 1 aliphatic carbocycles. The monoisotopic (exact) mass is 573 g/mol. The van der Waals surface area contributed by atoms with Crippen LogP contribution in [0.1, 0.15) is 41.9 Å². The number of phenols is 1. The first kappa shape index (κ1) is 29.9. The van der Waals surface area contributed by atoms with Crippen molar-refractivity contribution in [3.05, 3.63) is 89.5 Å². The third-order valence-electron chi connectivity index (χ3n) is 7.21. The van der Waals surface area contributed by atoms with Gasteiger partial charge in [0.05, 0.1) is 0 Å². The van der Waals surface area contributed by atoms with Crippen molar-refractivity contribution in [1.82, 2.24) is 16.0 Å². The molecule has 1 aliphatic rings. The van der Waals surface area contributed by atoms with Gasteiger partial charge in [0.2, 0.25) is 5.91 Å². The molecular weight excluding hydrogens is 538 g/mol. The quantitative estimate of drug-likeness (QED) is 0.0923. The number of alkyl carbamates (subject to hydrolysis) is 1. The zero-order valence-corrected chi connectivity index (χ0v) is 23.0. The van der Waals surface area contributed by atoms with E-state index in [-0.39, 0.29) is 43.6 Å². The molecule has 0 bridgehead atoms. The summed E-state index contributed by atoms with van der Waals surface area (Å²) in [5, 5.41) is 34.2. The minimum atomic E-state index is -1.22. The summed E-state index contributed by atoms with van der Waals surface area (Å²) in [6.45, 7) is 0.338. The molecule has 0 radical (unpaired) electrons. The molecule has 0 fully saturated rings. The molecule has 0 saturated carbocycles. The van der Waals surface area contributed by atoms with E-state index in [4.69, 9.17) is 15.9 Å². The van der Waals surface area contributed by atoms with E-state index < -0.39 is 30.1 Å². The van der Waals surface area contributed by atoms with Gasteiger partial charge in [-0.3, -0.25) is 10.2 Å². The Kier molecular flexibility index (Phi) is 9.99. The second-order valence-electron chi connectivity index (χ2n) is 10.1. The number of aromatic hydroxyl groups is 1. The van der Waals surface area contributed by atoms with Gasteiger partial charge in [-0.1, -0.05) is 60.7 Å². The smallest absolute Gasteiger partial charge is 0.407 e. The number of aryl methyl sites for hydroxylation is 1. The molecule has 42 heavy (non-hydrogen) atoms. The Bertz CT molecular complexity index is 1380. The number of benzene rings is 3. The summed E-state index contributed by atoms with van der Waals surface area (Å²) in [5.41, 5.74) is 10.4. The van der Waals surface area contributed by atoms with Crippen molar-refractivity contribution in [2.24, 2.45) is 5.73 Å². The van der Waals surface area contributed by atoms with Crippen molar-refractivity contribution in [3.63, 3.8) is 0 Å². The van der Waals surface area contributed by atoms with Crippen LogP contribution in [0.25, 0.3) is 11.1 Å². The number of carboxylic acid groups (broad SMARTS) is 1. The zero-order valence-electron chi connectivity index (χ0n) is 23.0. The minimum absolute atomic E-state index is 0.0626. The van der Waals surface area contributed by atoms with Gasteiger partial charge in [-0.15, -0.1) is 0 Å². The van der Waals surface area contributed by atoms with Crippen LogP contribution in [0, 0.1) is 5.41 Å². The van der Waals surface area contributed by atoms with E-state index in [1.807, 2.05) is 48.5 Å². The lowest BCUT2D eigenvalue weighted by molar-refractivity contribution is -0.142. The van der Waals surface area contributed by atoms with Gasteiger partial charge < -0.3 is 36.6 Å². The molecule has 2 amide bonds. The van der Waals surface area contributed by atoms with E-state index >= 15 is 0 Å². The number of nitrogens with one attached hydrogen (secondary N) is 4. The molecule has 2 atom stereocenters. The fourth-order valence-electron chi connectivity index (χ4n) is 5.08. The summed E-state index contributed by atoms with van der Waals surface area (Å²) in [7, 11) is 0. The van der Waals surface area contributed by atoms with E-state index in [1.54, 1.807) is 12.1 Å². The van der Waals surface area contributed by atoms with Gasteiger partial charge in [-0.2, -0.15) is 0 Å². The van der Waals surface area contributed by atoms with Gasteiger partial charge in [0.25, 0.3) is 0 Å². The van der Waals surface area contributed by atoms with Crippen molar-refractivity contribution in [2.45, 2.75) is 43.7 Å². The standard InChI is InChI=1S/C31H35N5O6/c32-30(33)34-17-5-10-27(29(39)40)35-28(38)26(16-13-19-11-14-20(37)15-12-19)36-31(41)42-18-25-23-8-3-1-6-21(23)22-7-2-4-9-24(22)25/h1-4,6-9,11-12,14-15,25-27,37H,5,10,13,16-18H2,(H,35,38)(H,36,41)(H,39,40)(H4,32,33,34)/t26-,27-/m0/s1. The molecule has 0 heterocycles. The number of ether oxygens (including phenoxy) is 1. The van der Waals surface area contributed by atoms with E-state index in [0.29, 0.717) is 12.8 Å². The van der Waals surface area contributed by atoms with Crippen LogP contribution in [-0.4, -0.2) is 59.4 Å². The van der Waals surface area contributed by atoms with Gasteiger partial charge in [-0.25, -0.2) is 9.59 Å². The Hall–Kier alpha value is -5.06. The number of guanidine groups is 1. The van der Waals surface area contributed by atoms with Crippen molar-refractivity contribution in [1.29, 1.82) is 5.41 Å². The summed E-state index contributed by atoms with van der Waals surface area (Å²) in [6, 6.07) is 20.1. The SMILES string of the molecule is N=C(N)NCCC[C@H](NC(=O)[C@H](CCc1ccc(O)cc1)NC(=O)OCC1c2ccccc2-c2ccccc21)C(=O)O. The third kappa shape index (κ3) is 7.78. The highest BCUT2D eigenvalue weighted by atomic mass is 16.5. The summed E-state index contributed by atoms with van der Waals surface area (Å²) >= 11 is 0. The number of rotatable bonds is 13. The van der Waals surface area contributed by atoms with Crippen molar-refractivity contribution >= 4 is 23.9 Å². The zero-order chi connectivity index (χ0) is 30.1. The van der Waals surface area contributed by atoms with E-state index in [9.17, 15) is 24.6 Å². The topological polar surface area (TPSA) is 187 Å². The lowest BCUT2D eigenvalue weighted by Gasteiger charge is -2.22. The number of carboxylic acids is 1. The molecule has 0 aromatic heterocycles. The Morgan fingerprint density at radius 2 is 1.50 bits per heavy atom. The van der Waals surface area contributed by atoms with Crippen LogP contribution in [0.5, 0.6) is 5.75 Å². The number of hydrogen-bond acceptors (Lipinski definition) is 6. The highest BCUT2D eigenvalue weighted by Crippen LogP contribution is 2.44. The Morgan fingerprint density at radius 3 is 2.10 bits per heavy atom. The van der Waals surface area contributed by atoms with Crippen molar-refractivity contribution < 1.29 is 29.3 Å².